The van der Waals surface area contributed by atoms with Gasteiger partial charge in [0.05, 0.1) is 4.90 Å². The predicted molar refractivity (Wildman–Crippen MR) is 81.0 cm³/mol. The molecule has 2 aromatic rings. The molecule has 0 amide bonds. The molecule has 2 aromatic carbocycles. The fraction of sp³-hybridized carbons (Fsp3) is 0.200. The van der Waals surface area contributed by atoms with Crippen molar-refractivity contribution in [3.8, 4) is 0 Å². The molecule has 0 saturated heterocycles. The lowest BCUT2D eigenvalue weighted by Gasteiger charge is -2.12. The lowest BCUT2D eigenvalue weighted by Crippen LogP contribution is -2.22. The number of nitrogens with zero attached hydrogens (tertiary/aromatic N) is 1. The number of rotatable bonds is 5. The predicted octanol–water partition coefficient (Wildman–Crippen LogP) is 2.69. The number of hydrogen-bond acceptors (Lipinski definition) is 3. The van der Waals surface area contributed by atoms with Crippen LogP contribution in [0.3, 0.4) is 0 Å². The molecule has 4 nitrogen and oxygen atoms in total. The van der Waals surface area contributed by atoms with E-state index in [2.05, 4.69) is 5.32 Å². The summed E-state index contributed by atoms with van der Waals surface area (Å²) in [6.45, 7) is 0.542. The summed E-state index contributed by atoms with van der Waals surface area (Å²) < 4.78 is 37.8. The van der Waals surface area contributed by atoms with Crippen molar-refractivity contribution in [2.24, 2.45) is 0 Å². The van der Waals surface area contributed by atoms with Crippen LogP contribution in [0, 0.1) is 5.82 Å². The van der Waals surface area contributed by atoms with Gasteiger partial charge in [-0.25, -0.2) is 17.1 Å². The Labute approximate surface area is 124 Å². The van der Waals surface area contributed by atoms with Crippen molar-refractivity contribution in [1.29, 1.82) is 0 Å². The maximum Gasteiger partial charge on any atom is 0.242 e. The highest BCUT2D eigenvalue weighted by Crippen LogP contribution is 2.17. The molecule has 0 aliphatic carbocycles. The molecule has 1 N–H and O–H groups in total. The Morgan fingerprint density at radius 1 is 1.00 bits per heavy atom. The molecule has 0 aliphatic heterocycles. The molecule has 112 valence electrons. The highest BCUT2D eigenvalue weighted by Gasteiger charge is 2.16. The quantitative estimate of drug-likeness (QED) is 0.924. The average molecular weight is 308 g/mol. The van der Waals surface area contributed by atoms with Gasteiger partial charge in [-0.15, -0.1) is 0 Å². The molecule has 0 heterocycles. The standard InChI is InChI=1S/C15H17FN2O2S/c1-18(2)21(19,20)15-9-7-14(8-10-15)17-11-12-3-5-13(16)6-4-12/h3-10,17H,11H2,1-2H3. The molecule has 0 saturated carbocycles. The van der Waals surface area contributed by atoms with Crippen LogP contribution in [0.5, 0.6) is 0 Å². The Morgan fingerprint density at radius 3 is 2.10 bits per heavy atom. The molecule has 0 bridgehead atoms. The first kappa shape index (κ1) is 15.5. The van der Waals surface area contributed by atoms with E-state index in [0.29, 0.717) is 6.54 Å². The van der Waals surface area contributed by atoms with Gasteiger partial charge < -0.3 is 5.32 Å². The van der Waals surface area contributed by atoms with Gasteiger partial charge in [-0.1, -0.05) is 12.1 Å². The van der Waals surface area contributed by atoms with Crippen LogP contribution in [0.25, 0.3) is 0 Å². The molecule has 0 aliphatic rings. The van der Waals surface area contributed by atoms with Crippen LogP contribution in [-0.2, 0) is 16.6 Å². The largest absolute Gasteiger partial charge is 0.381 e. The smallest absolute Gasteiger partial charge is 0.242 e. The van der Waals surface area contributed by atoms with E-state index in [0.717, 1.165) is 11.3 Å². The number of halogens is 1. The highest BCUT2D eigenvalue weighted by molar-refractivity contribution is 7.89. The topological polar surface area (TPSA) is 49.4 Å². The molecule has 2 rings (SSSR count). The summed E-state index contributed by atoms with van der Waals surface area (Å²) in [6, 6.07) is 12.7. The first-order valence-corrected chi connectivity index (χ1v) is 7.84. The van der Waals surface area contributed by atoms with E-state index in [-0.39, 0.29) is 10.7 Å². The fourth-order valence-corrected chi connectivity index (χ4v) is 2.66. The van der Waals surface area contributed by atoms with E-state index in [9.17, 15) is 12.8 Å². The van der Waals surface area contributed by atoms with Crippen LogP contribution in [0.15, 0.2) is 53.4 Å². The SMILES string of the molecule is CN(C)S(=O)(=O)c1ccc(NCc2ccc(F)cc2)cc1. The number of sulfonamides is 1. The molecular formula is C15H17FN2O2S. The molecule has 6 heteroatoms. The van der Waals surface area contributed by atoms with Gasteiger partial charge in [-0.05, 0) is 42.0 Å². The van der Waals surface area contributed by atoms with Gasteiger partial charge >= 0.3 is 0 Å². The van der Waals surface area contributed by atoms with Crippen molar-refractivity contribution in [3.63, 3.8) is 0 Å². The van der Waals surface area contributed by atoms with Crippen LogP contribution < -0.4 is 5.32 Å². The summed E-state index contributed by atoms with van der Waals surface area (Å²) in [5.41, 5.74) is 1.75. The van der Waals surface area contributed by atoms with Crippen LogP contribution in [-0.4, -0.2) is 26.8 Å². The Kier molecular flexibility index (Phi) is 4.59. The summed E-state index contributed by atoms with van der Waals surface area (Å²) >= 11 is 0. The zero-order chi connectivity index (χ0) is 15.5. The molecule has 0 unspecified atom stereocenters. The van der Waals surface area contributed by atoms with E-state index in [1.54, 1.807) is 36.4 Å². The van der Waals surface area contributed by atoms with E-state index in [1.807, 2.05) is 0 Å². The normalized spacial score (nSPS) is 11.6. The number of nitrogens with one attached hydrogen (secondary N) is 1. The van der Waals surface area contributed by atoms with Crippen molar-refractivity contribution >= 4 is 15.7 Å². The van der Waals surface area contributed by atoms with Gasteiger partial charge in [-0.3, -0.25) is 0 Å². The Morgan fingerprint density at radius 2 is 1.57 bits per heavy atom. The van der Waals surface area contributed by atoms with Crippen molar-refractivity contribution in [1.82, 2.24) is 4.31 Å². The minimum atomic E-state index is -3.40. The third kappa shape index (κ3) is 3.80. The van der Waals surface area contributed by atoms with Crippen LogP contribution >= 0.6 is 0 Å². The Bertz CT molecular complexity index is 695. The molecular weight excluding hydrogens is 291 g/mol. The minimum Gasteiger partial charge on any atom is -0.381 e. The van der Waals surface area contributed by atoms with Crippen molar-refractivity contribution in [2.75, 3.05) is 19.4 Å². The highest BCUT2D eigenvalue weighted by atomic mass is 32.2. The third-order valence-corrected chi connectivity index (χ3v) is 4.87. The summed E-state index contributed by atoms with van der Waals surface area (Å²) in [5.74, 6) is -0.267. The van der Waals surface area contributed by atoms with E-state index < -0.39 is 10.0 Å². The van der Waals surface area contributed by atoms with E-state index in [4.69, 9.17) is 0 Å². The number of anilines is 1. The van der Waals surface area contributed by atoms with Crippen LogP contribution in [0.4, 0.5) is 10.1 Å². The van der Waals surface area contributed by atoms with Gasteiger partial charge in [0.2, 0.25) is 10.0 Å². The average Bonchev–Trinajstić information content (AvgIpc) is 2.47. The van der Waals surface area contributed by atoms with E-state index in [1.165, 1.54) is 30.5 Å². The summed E-state index contributed by atoms with van der Waals surface area (Å²) in [5, 5.41) is 3.16. The van der Waals surface area contributed by atoms with Gasteiger partial charge in [0.1, 0.15) is 5.82 Å². The lowest BCUT2D eigenvalue weighted by atomic mass is 10.2. The zero-order valence-electron chi connectivity index (χ0n) is 11.9. The van der Waals surface area contributed by atoms with Gasteiger partial charge in [0.25, 0.3) is 0 Å². The second-order valence-electron chi connectivity index (χ2n) is 4.79. The third-order valence-electron chi connectivity index (χ3n) is 3.04. The lowest BCUT2D eigenvalue weighted by molar-refractivity contribution is 0.521. The zero-order valence-corrected chi connectivity index (χ0v) is 12.7. The van der Waals surface area contributed by atoms with E-state index >= 15 is 0 Å². The molecule has 0 spiro atoms. The monoisotopic (exact) mass is 308 g/mol. The second kappa shape index (κ2) is 6.24. The van der Waals surface area contributed by atoms with Crippen LogP contribution in [0.2, 0.25) is 0 Å². The molecule has 21 heavy (non-hydrogen) atoms. The molecule has 0 aromatic heterocycles. The summed E-state index contributed by atoms with van der Waals surface area (Å²) in [7, 11) is -0.410. The maximum atomic E-state index is 12.8. The Balaban J connectivity index is 2.05. The second-order valence-corrected chi connectivity index (χ2v) is 6.94. The first-order valence-electron chi connectivity index (χ1n) is 6.40. The first-order chi connectivity index (χ1) is 9.89. The molecule has 0 fully saturated rings. The van der Waals surface area contributed by atoms with Gasteiger partial charge in [0, 0.05) is 26.3 Å². The fourth-order valence-electron chi connectivity index (χ4n) is 1.76. The van der Waals surface area contributed by atoms with Crippen molar-refractivity contribution in [3.05, 3.63) is 59.9 Å². The maximum absolute atomic E-state index is 12.8. The Hall–Kier alpha value is -1.92. The number of benzene rings is 2. The van der Waals surface area contributed by atoms with Gasteiger partial charge in [-0.2, -0.15) is 0 Å². The van der Waals surface area contributed by atoms with Crippen molar-refractivity contribution in [2.45, 2.75) is 11.4 Å². The number of hydrogen-bond donors (Lipinski definition) is 1. The van der Waals surface area contributed by atoms with Crippen LogP contribution in [0.1, 0.15) is 5.56 Å². The minimum absolute atomic E-state index is 0.250. The summed E-state index contributed by atoms with van der Waals surface area (Å²) in [6.07, 6.45) is 0. The molecule has 0 atom stereocenters. The molecule has 0 radical (unpaired) electrons. The summed E-state index contributed by atoms with van der Waals surface area (Å²) in [4.78, 5) is 0.250. The van der Waals surface area contributed by atoms with Crippen molar-refractivity contribution < 1.29 is 12.8 Å². The van der Waals surface area contributed by atoms with Gasteiger partial charge in [0.15, 0.2) is 0 Å².